The molecule has 0 saturated heterocycles. The molecule has 0 aromatic heterocycles. The molecule has 16 nitrogen and oxygen atoms in total. The Morgan fingerprint density at radius 1 is 0.662 bits per heavy atom. The summed E-state index contributed by atoms with van der Waals surface area (Å²) in [5.41, 5.74) is 2.97. The third-order valence-electron chi connectivity index (χ3n) is 10.2. The van der Waals surface area contributed by atoms with Crippen LogP contribution in [0.25, 0.3) is 0 Å². The van der Waals surface area contributed by atoms with E-state index in [-0.39, 0.29) is 30.6 Å². The first-order valence-corrected chi connectivity index (χ1v) is 20.7. The molecule has 348 valence electrons. The van der Waals surface area contributed by atoms with Crippen molar-refractivity contribution < 1.29 is 58.6 Å². The van der Waals surface area contributed by atoms with Crippen LogP contribution in [-0.2, 0) is 23.8 Å². The van der Waals surface area contributed by atoms with Crippen LogP contribution in [0.3, 0.4) is 0 Å². The van der Waals surface area contributed by atoms with Crippen LogP contribution in [0.5, 0.6) is 0 Å². The standard InChI is InChI=1S/C27H34N2O7.C22H26N2O5/c1-25(2,3)36-24(33)29-26(4,5)21(23(32)35-6)28-22(31)20-13-11-18(12-14-20)9-7-8-10-19-15-27(34,16-19)17-30;1-21(2,23)18(20(27)29-3)24-19(26)17-10-8-15(9-11-17)6-4-5-7-16-12-22(28,13-16)14-25/h11-14,19,21,30,34H,15-17H2,1-6H3,(H,28,31)(H,29,33);8-11,16,18,25,28H,12-14,23H2,1-3H3,(H,24,26)/t19?,21-,27?;16?,18-,22?/m11/s1. The fraction of sp³-hybridized carbons (Fsp3) is 0.490. The number of alkyl carbamates (subject to hydrolysis) is 1. The van der Waals surface area contributed by atoms with Gasteiger partial charge in [-0.2, -0.15) is 0 Å². The van der Waals surface area contributed by atoms with Crippen LogP contribution in [0.2, 0.25) is 0 Å². The van der Waals surface area contributed by atoms with Crippen molar-refractivity contribution in [2.24, 2.45) is 17.6 Å². The van der Waals surface area contributed by atoms with E-state index in [2.05, 4.69) is 63.3 Å². The van der Waals surface area contributed by atoms with Crippen molar-refractivity contribution in [3.05, 3.63) is 70.8 Å². The predicted octanol–water partition coefficient (Wildman–Crippen LogP) is 1.93. The van der Waals surface area contributed by atoms with Crippen LogP contribution in [0.4, 0.5) is 4.79 Å². The summed E-state index contributed by atoms with van der Waals surface area (Å²) in [6.45, 7) is 11.0. The first-order valence-electron chi connectivity index (χ1n) is 20.7. The number of nitrogens with one attached hydrogen (secondary N) is 3. The lowest BCUT2D eigenvalue weighted by atomic mass is 9.72. The number of hydrogen-bond donors (Lipinski definition) is 8. The smallest absolute Gasteiger partial charge is 0.408 e. The second-order valence-electron chi connectivity index (χ2n) is 18.2. The van der Waals surface area contributed by atoms with Gasteiger partial charge >= 0.3 is 18.0 Å². The van der Waals surface area contributed by atoms with Crippen LogP contribution in [-0.4, -0.2) is 118 Å². The quantitative estimate of drug-likeness (QED) is 0.0913. The average molecular weight is 897 g/mol. The number of amides is 3. The molecule has 2 atom stereocenters. The highest BCUT2D eigenvalue weighted by Gasteiger charge is 2.43. The van der Waals surface area contributed by atoms with Gasteiger partial charge in [0.2, 0.25) is 0 Å². The van der Waals surface area contributed by atoms with Crippen LogP contribution >= 0.6 is 0 Å². The van der Waals surface area contributed by atoms with Crippen LogP contribution < -0.4 is 21.7 Å². The SMILES string of the molecule is COC(=O)[C@@H](NC(=O)c1ccc(C#CC#CC2CC(O)(CO)C2)cc1)C(C)(C)N.COC(=O)[C@@H](NC(=O)c1ccc(C#CC#CC2CC(O)(CO)C2)cc1)C(C)(C)NC(=O)OC(C)(C)C. The molecule has 65 heavy (non-hydrogen) atoms. The van der Waals surface area contributed by atoms with E-state index in [1.54, 1.807) is 97.0 Å². The van der Waals surface area contributed by atoms with Crippen LogP contribution in [0.1, 0.15) is 106 Å². The molecule has 16 heteroatoms. The van der Waals surface area contributed by atoms with Gasteiger partial charge in [-0.15, -0.1) is 0 Å². The molecule has 2 aromatic carbocycles. The topological polar surface area (TPSA) is 256 Å². The maximum atomic E-state index is 12.8. The third-order valence-corrected chi connectivity index (χ3v) is 10.2. The Labute approximate surface area is 380 Å². The van der Waals surface area contributed by atoms with E-state index in [0.717, 1.165) is 0 Å². The zero-order valence-corrected chi connectivity index (χ0v) is 38.3. The normalized spacial score (nSPS) is 20.5. The highest BCUT2D eigenvalue weighted by Crippen LogP contribution is 2.37. The minimum Gasteiger partial charge on any atom is -0.467 e. The fourth-order valence-electron chi connectivity index (χ4n) is 6.46. The van der Waals surface area contributed by atoms with Crippen molar-refractivity contribution in [3.8, 4) is 47.4 Å². The van der Waals surface area contributed by atoms with E-state index >= 15 is 0 Å². The molecule has 2 fully saturated rings. The number of ether oxygens (including phenoxy) is 3. The number of aliphatic hydroxyl groups is 4. The molecule has 0 heterocycles. The summed E-state index contributed by atoms with van der Waals surface area (Å²) in [6.07, 6.45) is 1.03. The third kappa shape index (κ3) is 16.6. The monoisotopic (exact) mass is 896 g/mol. The molecule has 2 aliphatic rings. The second kappa shape index (κ2) is 22.5. The number of rotatable bonds is 11. The van der Waals surface area contributed by atoms with Gasteiger partial charge in [-0.05, 0) is 146 Å². The molecule has 0 bridgehead atoms. The molecule has 2 aliphatic carbocycles. The molecule has 0 spiro atoms. The summed E-state index contributed by atoms with van der Waals surface area (Å²) in [5.74, 6) is 20.3. The Bertz CT molecular complexity index is 2290. The Hall–Kier alpha value is -6.37. The summed E-state index contributed by atoms with van der Waals surface area (Å²) >= 11 is 0. The number of methoxy groups -OCH3 is 2. The van der Waals surface area contributed by atoms with E-state index in [0.29, 0.717) is 42.4 Å². The van der Waals surface area contributed by atoms with E-state index in [9.17, 15) is 34.2 Å². The lowest BCUT2D eigenvalue weighted by molar-refractivity contribution is -0.145. The molecule has 3 amide bonds. The number of nitrogens with two attached hydrogens (primary N) is 1. The highest BCUT2D eigenvalue weighted by molar-refractivity contribution is 5.98. The van der Waals surface area contributed by atoms with Crippen molar-refractivity contribution in [1.82, 2.24) is 16.0 Å². The summed E-state index contributed by atoms with van der Waals surface area (Å²) in [6, 6.07) is 10.8. The number of benzene rings is 2. The van der Waals surface area contributed by atoms with Gasteiger partial charge in [0.05, 0.1) is 44.2 Å². The Balaban J connectivity index is 0.000000353. The largest absolute Gasteiger partial charge is 0.467 e. The maximum absolute atomic E-state index is 12.8. The first-order chi connectivity index (χ1) is 30.3. The molecule has 0 unspecified atom stereocenters. The molecule has 9 N–H and O–H groups in total. The van der Waals surface area contributed by atoms with Crippen molar-refractivity contribution in [3.63, 3.8) is 0 Å². The number of hydrogen-bond acceptors (Lipinski definition) is 13. The molecule has 0 radical (unpaired) electrons. The second-order valence-corrected chi connectivity index (χ2v) is 18.2. The van der Waals surface area contributed by atoms with Crippen molar-refractivity contribution in [2.45, 2.75) is 114 Å². The number of aliphatic hydroxyl groups excluding tert-OH is 2. The maximum Gasteiger partial charge on any atom is 0.408 e. The minimum absolute atomic E-state index is 0.0133. The molecule has 2 aromatic rings. The number of esters is 2. The van der Waals surface area contributed by atoms with E-state index < -0.39 is 69.8 Å². The summed E-state index contributed by atoms with van der Waals surface area (Å²) in [5, 5.41) is 45.4. The molecule has 2 saturated carbocycles. The van der Waals surface area contributed by atoms with E-state index in [1.807, 2.05) is 0 Å². The predicted molar refractivity (Wildman–Crippen MR) is 240 cm³/mol. The lowest BCUT2D eigenvalue weighted by Crippen LogP contribution is -2.62. The van der Waals surface area contributed by atoms with Crippen molar-refractivity contribution in [2.75, 3.05) is 27.4 Å². The zero-order chi connectivity index (χ0) is 48.8. The fourth-order valence-corrected chi connectivity index (χ4v) is 6.46. The number of carbonyl (C=O) groups excluding carboxylic acids is 5. The van der Waals surface area contributed by atoms with Gasteiger partial charge in [-0.25, -0.2) is 14.4 Å². The van der Waals surface area contributed by atoms with Gasteiger partial charge in [-0.3, -0.25) is 9.59 Å². The van der Waals surface area contributed by atoms with Gasteiger partial charge in [0.25, 0.3) is 11.8 Å². The Morgan fingerprint density at radius 2 is 1.03 bits per heavy atom. The minimum atomic E-state index is -1.22. The van der Waals surface area contributed by atoms with Crippen molar-refractivity contribution in [1.29, 1.82) is 0 Å². The van der Waals surface area contributed by atoms with Gasteiger partial charge in [-0.1, -0.05) is 23.7 Å². The summed E-state index contributed by atoms with van der Waals surface area (Å²) in [4.78, 5) is 61.8. The Kier molecular flexibility index (Phi) is 18.3. The Morgan fingerprint density at radius 3 is 1.37 bits per heavy atom. The summed E-state index contributed by atoms with van der Waals surface area (Å²) in [7, 11) is 2.43. The first kappa shape index (κ1) is 53.0. The van der Waals surface area contributed by atoms with Gasteiger partial charge in [0.15, 0.2) is 0 Å². The van der Waals surface area contributed by atoms with Crippen LogP contribution in [0.15, 0.2) is 48.5 Å². The summed E-state index contributed by atoms with van der Waals surface area (Å²) < 4.78 is 14.8. The van der Waals surface area contributed by atoms with Crippen LogP contribution in [0, 0.1) is 59.2 Å². The molecule has 0 aliphatic heterocycles. The number of carbonyl (C=O) groups is 5. The van der Waals surface area contributed by atoms with Gasteiger partial charge < -0.3 is 56.3 Å². The van der Waals surface area contributed by atoms with Gasteiger partial charge in [0.1, 0.15) is 17.7 Å². The van der Waals surface area contributed by atoms with E-state index in [1.165, 1.54) is 14.2 Å². The highest BCUT2D eigenvalue weighted by atomic mass is 16.6. The van der Waals surface area contributed by atoms with E-state index in [4.69, 9.17) is 30.2 Å². The van der Waals surface area contributed by atoms with Crippen molar-refractivity contribution >= 4 is 29.8 Å². The molecular weight excluding hydrogens is 837 g/mol. The lowest BCUT2D eigenvalue weighted by Gasteiger charge is -2.39. The molecular formula is C49H60N4O12. The van der Waals surface area contributed by atoms with Gasteiger partial charge in [0, 0.05) is 39.6 Å². The zero-order valence-electron chi connectivity index (χ0n) is 38.3. The average Bonchev–Trinajstić information content (AvgIpc) is 3.21. The molecule has 4 rings (SSSR count).